The highest BCUT2D eigenvalue weighted by atomic mass is 16.5. The summed E-state index contributed by atoms with van der Waals surface area (Å²) >= 11 is 0. The van der Waals surface area contributed by atoms with Crippen LogP contribution in [0.5, 0.6) is 11.6 Å². The van der Waals surface area contributed by atoms with Gasteiger partial charge in [-0.05, 0) is 31.5 Å². The van der Waals surface area contributed by atoms with E-state index in [1.807, 2.05) is 36.4 Å². The third kappa shape index (κ3) is 4.38. The van der Waals surface area contributed by atoms with Crippen molar-refractivity contribution in [1.82, 2.24) is 4.98 Å². The second-order valence-electron chi connectivity index (χ2n) is 4.89. The Bertz CT molecular complexity index is 572. The molecule has 4 nitrogen and oxygen atoms in total. The molecule has 0 fully saturated rings. The lowest BCUT2D eigenvalue weighted by atomic mass is 10.2. The molecule has 112 valence electrons. The van der Waals surface area contributed by atoms with Crippen LogP contribution in [-0.2, 0) is 6.54 Å². The Balaban J connectivity index is 2.01. The highest BCUT2D eigenvalue weighted by Crippen LogP contribution is 2.21. The fourth-order valence-electron chi connectivity index (χ4n) is 1.93. The van der Waals surface area contributed by atoms with Crippen molar-refractivity contribution < 1.29 is 9.47 Å². The van der Waals surface area contributed by atoms with Crippen LogP contribution in [0.2, 0.25) is 0 Å². The average molecular weight is 286 g/mol. The molecule has 0 aliphatic carbocycles. The van der Waals surface area contributed by atoms with Gasteiger partial charge in [0.25, 0.3) is 0 Å². The van der Waals surface area contributed by atoms with Crippen LogP contribution < -0.4 is 14.8 Å². The maximum Gasteiger partial charge on any atom is 0.218 e. The summed E-state index contributed by atoms with van der Waals surface area (Å²) in [6, 6.07) is 11.9. The Labute approximate surface area is 126 Å². The molecule has 0 saturated carbocycles. The molecule has 21 heavy (non-hydrogen) atoms. The number of benzene rings is 1. The average Bonchev–Trinajstić information content (AvgIpc) is 2.53. The molecule has 0 aliphatic heterocycles. The number of aromatic nitrogens is 1. The number of methoxy groups -OCH3 is 1. The largest absolute Gasteiger partial charge is 0.491 e. The third-order valence-corrected chi connectivity index (χ3v) is 3.27. The minimum absolute atomic E-state index is 0.221. The van der Waals surface area contributed by atoms with Crippen LogP contribution >= 0.6 is 0 Å². The maximum absolute atomic E-state index is 5.82. The molecule has 0 aliphatic rings. The van der Waals surface area contributed by atoms with Crippen LogP contribution in [-0.4, -0.2) is 18.2 Å². The van der Waals surface area contributed by atoms with Crippen LogP contribution in [0.3, 0.4) is 0 Å². The summed E-state index contributed by atoms with van der Waals surface area (Å²) in [6.45, 7) is 4.84. The lowest BCUT2D eigenvalue weighted by Gasteiger charge is -2.14. The fraction of sp³-hybridized carbons (Fsp3) is 0.353. The van der Waals surface area contributed by atoms with Crippen molar-refractivity contribution in [3.63, 3.8) is 0 Å². The van der Waals surface area contributed by atoms with Crippen LogP contribution in [0.25, 0.3) is 0 Å². The monoisotopic (exact) mass is 286 g/mol. The first-order chi connectivity index (χ1) is 10.2. The first kappa shape index (κ1) is 15.2. The smallest absolute Gasteiger partial charge is 0.218 e. The normalized spacial score (nSPS) is 11.8. The van der Waals surface area contributed by atoms with E-state index in [9.17, 15) is 0 Å². The molecule has 0 bridgehead atoms. The maximum atomic E-state index is 5.82. The molecule has 0 amide bonds. The quantitative estimate of drug-likeness (QED) is 0.839. The van der Waals surface area contributed by atoms with Crippen molar-refractivity contribution in [3.8, 4) is 11.6 Å². The first-order valence-corrected chi connectivity index (χ1v) is 7.21. The molecule has 0 saturated heterocycles. The molecule has 2 aromatic rings. The van der Waals surface area contributed by atoms with E-state index in [4.69, 9.17) is 9.47 Å². The van der Waals surface area contributed by atoms with Gasteiger partial charge in [0.15, 0.2) is 0 Å². The van der Waals surface area contributed by atoms with Gasteiger partial charge in [-0.1, -0.05) is 19.1 Å². The van der Waals surface area contributed by atoms with Crippen molar-refractivity contribution >= 4 is 5.69 Å². The zero-order chi connectivity index (χ0) is 15.1. The van der Waals surface area contributed by atoms with E-state index in [2.05, 4.69) is 24.1 Å². The third-order valence-electron chi connectivity index (χ3n) is 3.27. The van der Waals surface area contributed by atoms with Gasteiger partial charge in [0.1, 0.15) is 5.75 Å². The van der Waals surface area contributed by atoms with E-state index in [0.717, 1.165) is 23.4 Å². The predicted molar refractivity (Wildman–Crippen MR) is 84.9 cm³/mol. The number of hydrogen-bond donors (Lipinski definition) is 1. The van der Waals surface area contributed by atoms with E-state index < -0.39 is 0 Å². The fourth-order valence-corrected chi connectivity index (χ4v) is 1.93. The Kier molecular flexibility index (Phi) is 5.43. The summed E-state index contributed by atoms with van der Waals surface area (Å²) in [5.74, 6) is 1.53. The molecule has 0 radical (unpaired) electrons. The highest BCUT2D eigenvalue weighted by molar-refractivity contribution is 5.49. The molecule has 1 heterocycles. The Hall–Kier alpha value is -2.23. The molecule has 1 aromatic carbocycles. The summed E-state index contributed by atoms with van der Waals surface area (Å²) in [5.41, 5.74) is 2.04. The van der Waals surface area contributed by atoms with Gasteiger partial charge in [-0.2, -0.15) is 0 Å². The van der Waals surface area contributed by atoms with E-state index in [1.165, 1.54) is 0 Å². The van der Waals surface area contributed by atoms with Gasteiger partial charge in [0.2, 0.25) is 5.88 Å². The van der Waals surface area contributed by atoms with E-state index in [0.29, 0.717) is 12.4 Å². The van der Waals surface area contributed by atoms with Gasteiger partial charge in [-0.25, -0.2) is 4.98 Å². The minimum atomic E-state index is 0.221. The van der Waals surface area contributed by atoms with Crippen molar-refractivity contribution in [2.24, 2.45) is 0 Å². The zero-order valence-corrected chi connectivity index (χ0v) is 12.8. The SMILES string of the molecule is CCC(C)Oc1cccc(NCc2cccnc2OC)c1. The van der Waals surface area contributed by atoms with Crippen LogP contribution in [0.1, 0.15) is 25.8 Å². The van der Waals surface area contributed by atoms with Crippen molar-refractivity contribution in [3.05, 3.63) is 48.2 Å². The van der Waals surface area contributed by atoms with E-state index in [1.54, 1.807) is 13.3 Å². The molecule has 4 heteroatoms. The summed E-state index contributed by atoms with van der Waals surface area (Å²) in [5, 5.41) is 3.37. The van der Waals surface area contributed by atoms with Crippen molar-refractivity contribution in [2.45, 2.75) is 32.9 Å². The number of pyridine rings is 1. The molecule has 2 rings (SSSR count). The van der Waals surface area contributed by atoms with Gasteiger partial charge < -0.3 is 14.8 Å². The Morgan fingerprint density at radius 3 is 2.86 bits per heavy atom. The van der Waals surface area contributed by atoms with Gasteiger partial charge in [0, 0.05) is 30.1 Å². The highest BCUT2D eigenvalue weighted by Gasteiger charge is 2.04. The van der Waals surface area contributed by atoms with Gasteiger partial charge in [-0.15, -0.1) is 0 Å². The van der Waals surface area contributed by atoms with Gasteiger partial charge in [-0.3, -0.25) is 0 Å². The lowest BCUT2D eigenvalue weighted by molar-refractivity contribution is 0.217. The molecule has 1 N–H and O–H groups in total. The number of rotatable bonds is 7. The Morgan fingerprint density at radius 2 is 2.10 bits per heavy atom. The first-order valence-electron chi connectivity index (χ1n) is 7.21. The number of anilines is 1. The minimum Gasteiger partial charge on any atom is -0.491 e. The van der Waals surface area contributed by atoms with E-state index >= 15 is 0 Å². The summed E-state index contributed by atoms with van der Waals surface area (Å²) < 4.78 is 11.1. The second-order valence-corrected chi connectivity index (χ2v) is 4.89. The van der Waals surface area contributed by atoms with E-state index in [-0.39, 0.29) is 6.10 Å². The number of nitrogens with zero attached hydrogens (tertiary/aromatic N) is 1. The standard InChI is InChI=1S/C17H22N2O2/c1-4-13(2)21-16-9-5-8-15(11-16)19-12-14-7-6-10-18-17(14)20-3/h5-11,13,19H,4,12H2,1-3H3. The summed E-state index contributed by atoms with van der Waals surface area (Å²) in [4.78, 5) is 4.19. The molecule has 1 unspecified atom stereocenters. The second kappa shape index (κ2) is 7.53. The van der Waals surface area contributed by atoms with Gasteiger partial charge in [0.05, 0.1) is 13.2 Å². The molecule has 1 aromatic heterocycles. The van der Waals surface area contributed by atoms with Crippen LogP contribution in [0, 0.1) is 0 Å². The molecular weight excluding hydrogens is 264 g/mol. The lowest BCUT2D eigenvalue weighted by Crippen LogP contribution is -2.10. The topological polar surface area (TPSA) is 43.4 Å². The number of ether oxygens (including phenoxy) is 2. The van der Waals surface area contributed by atoms with Crippen molar-refractivity contribution in [2.75, 3.05) is 12.4 Å². The van der Waals surface area contributed by atoms with Crippen molar-refractivity contribution in [1.29, 1.82) is 0 Å². The van der Waals surface area contributed by atoms with Gasteiger partial charge >= 0.3 is 0 Å². The van der Waals surface area contributed by atoms with Crippen LogP contribution in [0.15, 0.2) is 42.6 Å². The molecule has 1 atom stereocenters. The zero-order valence-electron chi connectivity index (χ0n) is 12.8. The summed E-state index contributed by atoms with van der Waals surface area (Å²) in [6.07, 6.45) is 2.94. The summed E-state index contributed by atoms with van der Waals surface area (Å²) in [7, 11) is 1.63. The predicted octanol–water partition coefficient (Wildman–Crippen LogP) is 3.88. The number of nitrogens with one attached hydrogen (secondary N) is 1. The number of hydrogen-bond acceptors (Lipinski definition) is 4. The Morgan fingerprint density at radius 1 is 1.24 bits per heavy atom. The molecular formula is C17H22N2O2. The molecule has 0 spiro atoms. The van der Waals surface area contributed by atoms with Crippen LogP contribution in [0.4, 0.5) is 5.69 Å².